The van der Waals surface area contributed by atoms with Gasteiger partial charge < -0.3 is 20.1 Å². The van der Waals surface area contributed by atoms with Gasteiger partial charge in [0, 0.05) is 25.0 Å². The van der Waals surface area contributed by atoms with Gasteiger partial charge in [-0.25, -0.2) is 5.43 Å². The number of nitrogens with one attached hydrogen (secondary N) is 2. The lowest BCUT2D eigenvalue weighted by Gasteiger charge is -2.17. The zero-order valence-corrected chi connectivity index (χ0v) is 15.0. The molecule has 0 unspecified atom stereocenters. The summed E-state index contributed by atoms with van der Waals surface area (Å²) in [7, 11) is 3.52. The van der Waals surface area contributed by atoms with Gasteiger partial charge in [0.15, 0.2) is 0 Å². The van der Waals surface area contributed by atoms with Crippen LogP contribution in [0.2, 0.25) is 0 Å². The topological polar surface area (TPSA) is 86.2 Å². The van der Waals surface area contributed by atoms with E-state index in [0.717, 1.165) is 22.7 Å². The average Bonchev–Trinajstić information content (AvgIpc) is 2.67. The van der Waals surface area contributed by atoms with Gasteiger partial charge in [-0.3, -0.25) is 4.79 Å². The second-order valence-corrected chi connectivity index (χ2v) is 5.61. The Morgan fingerprint density at radius 1 is 1.19 bits per heavy atom. The number of methoxy groups -OCH3 is 1. The molecule has 0 saturated carbocycles. The minimum Gasteiger partial charge on any atom is -0.497 e. The van der Waals surface area contributed by atoms with E-state index in [0.29, 0.717) is 6.54 Å². The van der Waals surface area contributed by atoms with Crippen LogP contribution < -0.4 is 20.4 Å². The monoisotopic (exact) mass is 356 g/mol. The number of anilines is 2. The first-order chi connectivity index (χ1) is 12.6. The maximum atomic E-state index is 11.8. The van der Waals surface area contributed by atoms with Crippen LogP contribution in [0.25, 0.3) is 0 Å². The second kappa shape index (κ2) is 10.0. The quantitative estimate of drug-likeness (QED) is 0.470. The van der Waals surface area contributed by atoms with Crippen LogP contribution in [0.3, 0.4) is 0 Å². The molecule has 3 N–H and O–H groups in total. The van der Waals surface area contributed by atoms with E-state index >= 15 is 0 Å². The SMILES string of the molecule is COc1ccc(NCC(=O)N/N=C\c2ccc(N(C)CCO)cc2)cc1. The summed E-state index contributed by atoms with van der Waals surface area (Å²) in [5.74, 6) is 0.523. The molecule has 0 aliphatic heterocycles. The molecule has 2 aromatic carbocycles. The highest BCUT2D eigenvalue weighted by atomic mass is 16.5. The zero-order chi connectivity index (χ0) is 18.8. The molecule has 138 valence electrons. The van der Waals surface area contributed by atoms with E-state index in [1.165, 1.54) is 0 Å². The Balaban J connectivity index is 1.77. The molecule has 7 nitrogen and oxygen atoms in total. The van der Waals surface area contributed by atoms with E-state index < -0.39 is 0 Å². The molecule has 0 fully saturated rings. The van der Waals surface area contributed by atoms with Crippen molar-refractivity contribution in [2.24, 2.45) is 5.10 Å². The van der Waals surface area contributed by atoms with Gasteiger partial charge in [-0.05, 0) is 42.0 Å². The van der Waals surface area contributed by atoms with Crippen LogP contribution in [-0.4, -0.2) is 51.1 Å². The first kappa shape index (κ1) is 19.3. The van der Waals surface area contributed by atoms with Crippen LogP contribution in [0.15, 0.2) is 53.6 Å². The van der Waals surface area contributed by atoms with Crippen molar-refractivity contribution >= 4 is 23.5 Å². The van der Waals surface area contributed by atoms with E-state index in [9.17, 15) is 4.79 Å². The number of rotatable bonds is 9. The molecule has 0 heterocycles. The lowest BCUT2D eigenvalue weighted by molar-refractivity contribution is -0.119. The highest BCUT2D eigenvalue weighted by Gasteiger charge is 2.01. The van der Waals surface area contributed by atoms with E-state index in [1.807, 2.05) is 60.5 Å². The number of nitrogens with zero attached hydrogens (tertiary/aromatic N) is 2. The number of hydrogen-bond acceptors (Lipinski definition) is 6. The third-order valence-corrected chi connectivity index (χ3v) is 3.72. The number of likely N-dealkylation sites (N-methyl/N-ethyl adjacent to an activating group) is 1. The Morgan fingerprint density at radius 2 is 1.88 bits per heavy atom. The number of hydrazone groups is 1. The number of hydrogen-bond donors (Lipinski definition) is 3. The minimum atomic E-state index is -0.239. The van der Waals surface area contributed by atoms with Crippen LogP contribution in [0.5, 0.6) is 5.75 Å². The lowest BCUT2D eigenvalue weighted by Crippen LogP contribution is -2.25. The molecule has 2 rings (SSSR count). The number of ether oxygens (including phenoxy) is 1. The Kier molecular flexibility index (Phi) is 7.45. The van der Waals surface area contributed by atoms with Crippen molar-refractivity contribution in [3.8, 4) is 5.75 Å². The molecule has 0 aromatic heterocycles. The van der Waals surface area contributed by atoms with Gasteiger partial charge in [0.1, 0.15) is 5.75 Å². The molecule has 26 heavy (non-hydrogen) atoms. The lowest BCUT2D eigenvalue weighted by atomic mass is 10.2. The van der Waals surface area contributed by atoms with Gasteiger partial charge in [0.05, 0.1) is 26.5 Å². The van der Waals surface area contributed by atoms with Crippen LogP contribution in [0.1, 0.15) is 5.56 Å². The van der Waals surface area contributed by atoms with Crippen molar-refractivity contribution in [3.63, 3.8) is 0 Å². The second-order valence-electron chi connectivity index (χ2n) is 5.61. The first-order valence-electron chi connectivity index (χ1n) is 8.24. The van der Waals surface area contributed by atoms with E-state index in [4.69, 9.17) is 9.84 Å². The van der Waals surface area contributed by atoms with E-state index in [-0.39, 0.29) is 19.1 Å². The van der Waals surface area contributed by atoms with Crippen LogP contribution in [0.4, 0.5) is 11.4 Å². The standard InChI is InChI=1S/C19H24N4O3/c1-23(11-12-24)17-7-3-15(4-8-17)13-21-22-19(25)14-20-16-5-9-18(26-2)10-6-16/h3-10,13,20,24H,11-12,14H2,1-2H3,(H,22,25)/b21-13-. The Labute approximate surface area is 153 Å². The van der Waals surface area contributed by atoms with Crippen molar-refractivity contribution in [2.75, 3.05) is 44.1 Å². The molecule has 2 aromatic rings. The maximum Gasteiger partial charge on any atom is 0.259 e. The van der Waals surface area contributed by atoms with Gasteiger partial charge in [-0.1, -0.05) is 12.1 Å². The number of aliphatic hydroxyl groups is 1. The largest absolute Gasteiger partial charge is 0.497 e. The fourth-order valence-corrected chi connectivity index (χ4v) is 2.20. The van der Waals surface area contributed by atoms with Gasteiger partial charge in [0.25, 0.3) is 5.91 Å². The fraction of sp³-hybridized carbons (Fsp3) is 0.263. The van der Waals surface area contributed by atoms with E-state index in [1.54, 1.807) is 13.3 Å². The molecular formula is C19H24N4O3. The number of carbonyl (C=O) groups is 1. The fourth-order valence-electron chi connectivity index (χ4n) is 2.20. The zero-order valence-electron chi connectivity index (χ0n) is 15.0. The van der Waals surface area contributed by atoms with Gasteiger partial charge in [-0.2, -0.15) is 5.10 Å². The molecule has 0 spiro atoms. The molecule has 0 aliphatic rings. The molecular weight excluding hydrogens is 332 g/mol. The summed E-state index contributed by atoms with van der Waals surface area (Å²) in [6, 6.07) is 15.0. The number of benzene rings is 2. The third kappa shape index (κ3) is 6.10. The molecule has 1 amide bonds. The van der Waals surface area contributed by atoms with Crippen LogP contribution >= 0.6 is 0 Å². The summed E-state index contributed by atoms with van der Waals surface area (Å²) >= 11 is 0. The Hall–Kier alpha value is -3.06. The molecule has 0 aliphatic carbocycles. The predicted octanol–water partition coefficient (Wildman–Crippen LogP) is 1.69. The Bertz CT molecular complexity index is 715. The smallest absolute Gasteiger partial charge is 0.259 e. The summed E-state index contributed by atoms with van der Waals surface area (Å²) in [6.07, 6.45) is 1.58. The Morgan fingerprint density at radius 3 is 2.50 bits per heavy atom. The third-order valence-electron chi connectivity index (χ3n) is 3.72. The van der Waals surface area contributed by atoms with Crippen molar-refractivity contribution in [2.45, 2.75) is 0 Å². The minimum absolute atomic E-state index is 0.107. The van der Waals surface area contributed by atoms with Crippen LogP contribution in [0, 0.1) is 0 Å². The predicted molar refractivity (Wildman–Crippen MR) is 104 cm³/mol. The average molecular weight is 356 g/mol. The molecule has 0 atom stereocenters. The number of amides is 1. The number of aliphatic hydroxyl groups excluding tert-OH is 1. The molecule has 0 saturated heterocycles. The molecule has 0 bridgehead atoms. The molecule has 7 heteroatoms. The summed E-state index contributed by atoms with van der Waals surface area (Å²) in [5.41, 5.74) is 5.18. The first-order valence-corrected chi connectivity index (χ1v) is 8.24. The normalized spacial score (nSPS) is 10.6. The number of carbonyl (C=O) groups excluding carboxylic acids is 1. The van der Waals surface area contributed by atoms with Gasteiger partial charge in [0.2, 0.25) is 0 Å². The summed E-state index contributed by atoms with van der Waals surface area (Å²) in [5, 5.41) is 15.9. The van der Waals surface area contributed by atoms with Crippen LogP contribution in [-0.2, 0) is 4.79 Å². The summed E-state index contributed by atoms with van der Waals surface area (Å²) in [4.78, 5) is 13.8. The highest BCUT2D eigenvalue weighted by molar-refractivity contribution is 5.84. The summed E-state index contributed by atoms with van der Waals surface area (Å²) < 4.78 is 5.08. The van der Waals surface area contributed by atoms with Crippen molar-refractivity contribution in [3.05, 3.63) is 54.1 Å². The van der Waals surface area contributed by atoms with Gasteiger partial charge >= 0.3 is 0 Å². The van der Waals surface area contributed by atoms with Gasteiger partial charge in [-0.15, -0.1) is 0 Å². The summed E-state index contributed by atoms with van der Waals surface area (Å²) in [6.45, 7) is 0.801. The van der Waals surface area contributed by atoms with Crippen molar-refractivity contribution < 1.29 is 14.6 Å². The van der Waals surface area contributed by atoms with E-state index in [2.05, 4.69) is 15.8 Å². The maximum absolute atomic E-state index is 11.8. The van der Waals surface area contributed by atoms with Crippen molar-refractivity contribution in [1.82, 2.24) is 5.43 Å². The van der Waals surface area contributed by atoms with Crippen molar-refractivity contribution in [1.29, 1.82) is 0 Å². The molecule has 0 radical (unpaired) electrons. The highest BCUT2D eigenvalue weighted by Crippen LogP contribution is 2.14.